The minimum atomic E-state index is -0.495. The summed E-state index contributed by atoms with van der Waals surface area (Å²) in [6, 6.07) is 12.3. The van der Waals surface area contributed by atoms with Crippen LogP contribution in [0.5, 0.6) is 11.5 Å². The zero-order chi connectivity index (χ0) is 21.8. The second-order valence-electron chi connectivity index (χ2n) is 8.65. The molecule has 4 atom stereocenters. The average Bonchev–Trinajstić information content (AvgIpc) is 3.15. The summed E-state index contributed by atoms with van der Waals surface area (Å²) in [7, 11) is 1.69. The van der Waals surface area contributed by atoms with Gasteiger partial charge < -0.3 is 19.3 Å². The maximum atomic E-state index is 13.1. The first-order valence-corrected chi connectivity index (χ1v) is 11.1. The number of hydrogen-bond donors (Lipinski definition) is 1. The molecule has 2 fully saturated rings. The molecule has 1 saturated heterocycles. The molecule has 31 heavy (non-hydrogen) atoms. The number of likely N-dealkylation sites (tertiary alicyclic amines) is 1. The molecule has 5 nitrogen and oxygen atoms in total. The third kappa shape index (κ3) is 5.37. The van der Waals surface area contributed by atoms with Crippen molar-refractivity contribution in [3.63, 3.8) is 0 Å². The zero-order valence-electron chi connectivity index (χ0n) is 18.3. The van der Waals surface area contributed by atoms with Gasteiger partial charge in [0.15, 0.2) is 0 Å². The Morgan fingerprint density at radius 1 is 1.06 bits per heavy atom. The number of aliphatic hydroxyl groups is 1. The number of rotatable bonds is 8. The van der Waals surface area contributed by atoms with Crippen molar-refractivity contribution >= 4 is 0 Å². The highest BCUT2D eigenvalue weighted by Crippen LogP contribution is 2.38. The van der Waals surface area contributed by atoms with Crippen LogP contribution in [0.3, 0.4) is 0 Å². The largest absolute Gasteiger partial charge is 0.496 e. The predicted molar refractivity (Wildman–Crippen MR) is 117 cm³/mol. The Morgan fingerprint density at radius 2 is 1.81 bits per heavy atom. The van der Waals surface area contributed by atoms with Crippen molar-refractivity contribution in [2.45, 2.75) is 45.1 Å². The minimum Gasteiger partial charge on any atom is -0.496 e. The van der Waals surface area contributed by atoms with Crippen LogP contribution >= 0.6 is 0 Å². The SMILES string of the molecule is CCOCc1cc(CN2C[C@H]3C[C@@H](Oc4ccc(F)cc4)[C@H](O)C[C@H]3C2)ccc1OC. The first-order chi connectivity index (χ1) is 15.1. The lowest BCUT2D eigenvalue weighted by molar-refractivity contribution is -0.0231. The standard InChI is InChI=1S/C25H32FNO4/c1-3-30-16-20-10-17(4-9-24(20)29-2)13-27-14-18-11-23(28)25(12-19(18)15-27)31-22-7-5-21(26)6-8-22/h4-10,18-19,23,25,28H,3,11-16H2,1-2H3/t18-,19+,23+,25+/m0/s1. The molecule has 1 aliphatic heterocycles. The number of halogens is 1. The van der Waals surface area contributed by atoms with Gasteiger partial charge in [-0.25, -0.2) is 4.39 Å². The number of ether oxygens (including phenoxy) is 3. The van der Waals surface area contributed by atoms with Gasteiger partial charge in [0, 0.05) is 31.8 Å². The predicted octanol–water partition coefficient (Wildman–Crippen LogP) is 4.02. The van der Waals surface area contributed by atoms with Crippen LogP contribution < -0.4 is 9.47 Å². The quantitative estimate of drug-likeness (QED) is 0.687. The van der Waals surface area contributed by atoms with Gasteiger partial charge in [0.1, 0.15) is 23.4 Å². The summed E-state index contributed by atoms with van der Waals surface area (Å²) in [6.07, 6.45) is 0.818. The smallest absolute Gasteiger partial charge is 0.125 e. The van der Waals surface area contributed by atoms with E-state index in [4.69, 9.17) is 14.2 Å². The lowest BCUT2D eigenvalue weighted by Gasteiger charge is -2.35. The van der Waals surface area contributed by atoms with E-state index in [1.54, 1.807) is 19.2 Å². The van der Waals surface area contributed by atoms with Crippen molar-refractivity contribution in [1.82, 2.24) is 4.90 Å². The molecular formula is C25H32FNO4. The minimum absolute atomic E-state index is 0.245. The van der Waals surface area contributed by atoms with E-state index in [2.05, 4.69) is 17.0 Å². The van der Waals surface area contributed by atoms with Crippen LogP contribution in [0.2, 0.25) is 0 Å². The van der Waals surface area contributed by atoms with Crippen molar-refractivity contribution in [3.05, 3.63) is 59.4 Å². The summed E-state index contributed by atoms with van der Waals surface area (Å²) in [5.74, 6) is 2.15. The number of hydrogen-bond acceptors (Lipinski definition) is 5. The van der Waals surface area contributed by atoms with Gasteiger partial charge >= 0.3 is 0 Å². The number of benzene rings is 2. The van der Waals surface area contributed by atoms with Crippen molar-refractivity contribution in [3.8, 4) is 11.5 Å². The lowest BCUT2D eigenvalue weighted by atomic mass is 9.78. The molecule has 1 N–H and O–H groups in total. The zero-order valence-corrected chi connectivity index (χ0v) is 18.3. The van der Waals surface area contributed by atoms with Crippen LogP contribution in [0, 0.1) is 17.7 Å². The van der Waals surface area contributed by atoms with E-state index in [-0.39, 0.29) is 11.9 Å². The Hall–Kier alpha value is -2.15. The highest BCUT2D eigenvalue weighted by atomic mass is 19.1. The van der Waals surface area contributed by atoms with E-state index < -0.39 is 6.10 Å². The van der Waals surface area contributed by atoms with E-state index in [9.17, 15) is 9.50 Å². The molecule has 2 aliphatic rings. The number of methoxy groups -OCH3 is 1. The number of aliphatic hydroxyl groups excluding tert-OH is 1. The van der Waals surface area contributed by atoms with Crippen molar-refractivity contribution < 1.29 is 23.7 Å². The fourth-order valence-corrected chi connectivity index (χ4v) is 4.94. The van der Waals surface area contributed by atoms with Gasteiger partial charge in [-0.2, -0.15) is 0 Å². The maximum Gasteiger partial charge on any atom is 0.125 e. The highest BCUT2D eigenvalue weighted by Gasteiger charge is 2.42. The molecule has 0 bridgehead atoms. The molecule has 4 rings (SSSR count). The summed E-state index contributed by atoms with van der Waals surface area (Å²) >= 11 is 0. The van der Waals surface area contributed by atoms with E-state index in [1.165, 1.54) is 17.7 Å². The van der Waals surface area contributed by atoms with Crippen molar-refractivity contribution in [1.29, 1.82) is 0 Å². The number of nitrogens with zero attached hydrogens (tertiary/aromatic N) is 1. The Bertz CT molecular complexity index is 859. The molecule has 0 amide bonds. The molecule has 168 valence electrons. The Labute approximate surface area is 183 Å². The van der Waals surface area contributed by atoms with Crippen LogP contribution in [0.25, 0.3) is 0 Å². The molecule has 0 unspecified atom stereocenters. The normalized spacial score (nSPS) is 25.9. The maximum absolute atomic E-state index is 13.1. The summed E-state index contributed by atoms with van der Waals surface area (Å²) in [6.45, 7) is 6.06. The fraction of sp³-hybridized carbons (Fsp3) is 0.520. The fourth-order valence-electron chi connectivity index (χ4n) is 4.94. The van der Waals surface area contributed by atoms with E-state index in [1.807, 2.05) is 13.0 Å². The van der Waals surface area contributed by atoms with Gasteiger partial charge in [0.25, 0.3) is 0 Å². The van der Waals surface area contributed by atoms with E-state index in [0.29, 0.717) is 30.8 Å². The molecule has 2 aromatic rings. The molecule has 0 aromatic heterocycles. The van der Waals surface area contributed by atoms with Crippen LogP contribution in [-0.2, 0) is 17.9 Å². The molecule has 6 heteroatoms. The van der Waals surface area contributed by atoms with Gasteiger partial charge in [-0.15, -0.1) is 0 Å². The Morgan fingerprint density at radius 3 is 2.52 bits per heavy atom. The number of fused-ring (bicyclic) bond motifs is 1. The Balaban J connectivity index is 1.37. The highest BCUT2D eigenvalue weighted by molar-refractivity contribution is 5.37. The molecular weight excluding hydrogens is 397 g/mol. The first-order valence-electron chi connectivity index (χ1n) is 11.1. The topological polar surface area (TPSA) is 51.2 Å². The first kappa shape index (κ1) is 22.1. The van der Waals surface area contributed by atoms with E-state index >= 15 is 0 Å². The molecule has 0 spiro atoms. The monoisotopic (exact) mass is 429 g/mol. The van der Waals surface area contributed by atoms with Crippen molar-refractivity contribution in [2.75, 3.05) is 26.8 Å². The second kappa shape index (κ2) is 9.98. The summed E-state index contributed by atoms with van der Waals surface area (Å²) in [5.41, 5.74) is 2.32. The van der Waals surface area contributed by atoms with Gasteiger partial charge in [0.2, 0.25) is 0 Å². The van der Waals surface area contributed by atoms with Gasteiger partial charge in [-0.1, -0.05) is 6.07 Å². The molecule has 1 aliphatic carbocycles. The van der Waals surface area contributed by atoms with Crippen LogP contribution in [0.1, 0.15) is 30.9 Å². The Kier molecular flexibility index (Phi) is 7.10. The average molecular weight is 430 g/mol. The summed E-state index contributed by atoms with van der Waals surface area (Å²) in [5, 5.41) is 10.6. The third-order valence-electron chi connectivity index (χ3n) is 6.47. The molecule has 2 aromatic carbocycles. The summed E-state index contributed by atoms with van der Waals surface area (Å²) < 4.78 is 30.2. The van der Waals surface area contributed by atoms with Crippen molar-refractivity contribution in [2.24, 2.45) is 11.8 Å². The third-order valence-corrected chi connectivity index (χ3v) is 6.47. The molecule has 1 heterocycles. The lowest BCUT2D eigenvalue weighted by Crippen LogP contribution is -2.42. The summed E-state index contributed by atoms with van der Waals surface area (Å²) in [4.78, 5) is 2.47. The van der Waals surface area contributed by atoms with Gasteiger partial charge in [-0.05, 0) is 73.6 Å². The van der Waals surface area contributed by atoms with Gasteiger partial charge in [-0.3, -0.25) is 4.90 Å². The van der Waals surface area contributed by atoms with Crippen LogP contribution in [0.4, 0.5) is 4.39 Å². The van der Waals surface area contributed by atoms with Crippen LogP contribution in [-0.4, -0.2) is 49.0 Å². The van der Waals surface area contributed by atoms with Gasteiger partial charge in [0.05, 0.1) is 19.8 Å². The molecule has 0 radical (unpaired) electrons. The van der Waals surface area contributed by atoms with E-state index in [0.717, 1.165) is 43.8 Å². The molecule has 1 saturated carbocycles. The second-order valence-corrected chi connectivity index (χ2v) is 8.65. The van der Waals surface area contributed by atoms with Crippen LogP contribution in [0.15, 0.2) is 42.5 Å².